The van der Waals surface area contributed by atoms with Gasteiger partial charge in [-0.05, 0) is 44.4 Å². The first-order chi connectivity index (χ1) is 8.69. The lowest BCUT2D eigenvalue weighted by Crippen LogP contribution is -2.49. The smallest absolute Gasteiger partial charge is 0.0152 e. The second-order valence-electron chi connectivity index (χ2n) is 9.10. The summed E-state index contributed by atoms with van der Waals surface area (Å²) in [5.74, 6) is 1.98. The first-order valence-electron chi connectivity index (χ1n) is 8.46. The van der Waals surface area contributed by atoms with Crippen molar-refractivity contribution in [1.29, 1.82) is 0 Å². The van der Waals surface area contributed by atoms with Crippen molar-refractivity contribution in [2.75, 3.05) is 6.54 Å². The van der Waals surface area contributed by atoms with Gasteiger partial charge in [-0.1, -0.05) is 52.9 Å². The van der Waals surface area contributed by atoms with E-state index in [9.17, 15) is 0 Å². The minimum atomic E-state index is 0.321. The van der Waals surface area contributed by atoms with Crippen LogP contribution >= 0.6 is 0 Å². The fourth-order valence-corrected chi connectivity index (χ4v) is 4.38. The molecule has 2 atom stereocenters. The standard InChI is InChI=1S/C18H35N/c1-17(2,3)16-12-15(13-19(16)18(4,5)6)14-10-8-7-9-11-14/h14-16H,7-13H2,1-6H3. The number of rotatable bonds is 1. The van der Waals surface area contributed by atoms with E-state index in [1.54, 1.807) is 0 Å². The van der Waals surface area contributed by atoms with Crippen LogP contribution in [0.25, 0.3) is 0 Å². The monoisotopic (exact) mass is 265 g/mol. The van der Waals surface area contributed by atoms with E-state index in [0.717, 1.165) is 17.9 Å². The number of hydrogen-bond donors (Lipinski definition) is 0. The first kappa shape index (κ1) is 15.4. The molecule has 1 saturated heterocycles. The third-order valence-electron chi connectivity index (χ3n) is 5.51. The van der Waals surface area contributed by atoms with Crippen molar-refractivity contribution in [2.45, 2.75) is 91.6 Å². The maximum atomic E-state index is 2.81. The zero-order valence-electron chi connectivity index (χ0n) is 14.1. The molecule has 1 heterocycles. The van der Waals surface area contributed by atoms with Crippen molar-refractivity contribution >= 4 is 0 Å². The van der Waals surface area contributed by atoms with E-state index in [2.05, 4.69) is 46.4 Å². The van der Waals surface area contributed by atoms with E-state index in [1.165, 1.54) is 45.1 Å². The third-order valence-corrected chi connectivity index (χ3v) is 5.51. The zero-order valence-corrected chi connectivity index (χ0v) is 14.1. The van der Waals surface area contributed by atoms with Crippen LogP contribution in [0.15, 0.2) is 0 Å². The van der Waals surface area contributed by atoms with Crippen LogP contribution in [0.4, 0.5) is 0 Å². The molecular formula is C18H35N. The molecule has 2 fully saturated rings. The predicted molar refractivity (Wildman–Crippen MR) is 84.4 cm³/mol. The van der Waals surface area contributed by atoms with Gasteiger partial charge in [-0.2, -0.15) is 0 Å². The highest BCUT2D eigenvalue weighted by Gasteiger charge is 2.45. The highest BCUT2D eigenvalue weighted by atomic mass is 15.2. The second-order valence-corrected chi connectivity index (χ2v) is 9.10. The lowest BCUT2D eigenvalue weighted by molar-refractivity contribution is 0.0566. The maximum Gasteiger partial charge on any atom is 0.0152 e. The Morgan fingerprint density at radius 1 is 0.789 bits per heavy atom. The Morgan fingerprint density at radius 3 is 1.79 bits per heavy atom. The van der Waals surface area contributed by atoms with Crippen LogP contribution < -0.4 is 0 Å². The molecule has 1 nitrogen and oxygen atoms in total. The van der Waals surface area contributed by atoms with Gasteiger partial charge >= 0.3 is 0 Å². The van der Waals surface area contributed by atoms with Crippen LogP contribution in [-0.4, -0.2) is 23.0 Å². The molecule has 0 N–H and O–H groups in total. The van der Waals surface area contributed by atoms with E-state index in [-0.39, 0.29) is 0 Å². The highest BCUT2D eigenvalue weighted by Crippen LogP contribution is 2.44. The Labute approximate surface area is 121 Å². The van der Waals surface area contributed by atoms with Crippen LogP contribution in [0.1, 0.15) is 80.1 Å². The fraction of sp³-hybridized carbons (Fsp3) is 1.00. The van der Waals surface area contributed by atoms with Crippen molar-refractivity contribution in [3.63, 3.8) is 0 Å². The quantitative estimate of drug-likeness (QED) is 0.637. The number of nitrogens with zero attached hydrogens (tertiary/aromatic N) is 1. The summed E-state index contributed by atoms with van der Waals surface area (Å²) in [5, 5.41) is 0. The van der Waals surface area contributed by atoms with Gasteiger partial charge in [0.2, 0.25) is 0 Å². The molecule has 1 saturated carbocycles. The molecule has 0 aromatic rings. The second kappa shape index (κ2) is 5.39. The van der Waals surface area contributed by atoms with Gasteiger partial charge in [0.05, 0.1) is 0 Å². The average Bonchev–Trinajstić information content (AvgIpc) is 2.74. The normalized spacial score (nSPS) is 31.9. The molecule has 2 unspecified atom stereocenters. The molecule has 112 valence electrons. The Kier molecular flexibility index (Phi) is 4.35. The van der Waals surface area contributed by atoms with Crippen LogP contribution in [0.2, 0.25) is 0 Å². The average molecular weight is 265 g/mol. The number of likely N-dealkylation sites (tertiary alicyclic amines) is 1. The van der Waals surface area contributed by atoms with E-state index in [4.69, 9.17) is 0 Å². The van der Waals surface area contributed by atoms with Crippen molar-refractivity contribution in [3.05, 3.63) is 0 Å². The van der Waals surface area contributed by atoms with Crippen LogP contribution in [0.3, 0.4) is 0 Å². The van der Waals surface area contributed by atoms with E-state index in [0.29, 0.717) is 11.0 Å². The summed E-state index contributed by atoms with van der Waals surface area (Å²) in [6, 6.07) is 0.763. The van der Waals surface area contributed by atoms with E-state index >= 15 is 0 Å². The molecule has 2 rings (SSSR count). The lowest BCUT2D eigenvalue weighted by atomic mass is 9.76. The summed E-state index contributed by atoms with van der Waals surface area (Å²) in [6.07, 6.45) is 8.88. The van der Waals surface area contributed by atoms with Gasteiger partial charge in [0.1, 0.15) is 0 Å². The topological polar surface area (TPSA) is 3.24 Å². The van der Waals surface area contributed by atoms with Gasteiger partial charge in [-0.25, -0.2) is 0 Å². The summed E-state index contributed by atoms with van der Waals surface area (Å²) in [6.45, 7) is 15.8. The van der Waals surface area contributed by atoms with Gasteiger partial charge in [0.15, 0.2) is 0 Å². The predicted octanol–water partition coefficient (Wildman–Crippen LogP) is 5.10. The van der Waals surface area contributed by atoms with Crippen molar-refractivity contribution in [3.8, 4) is 0 Å². The summed E-state index contributed by atoms with van der Waals surface area (Å²) >= 11 is 0. The Hall–Kier alpha value is -0.0400. The molecule has 0 bridgehead atoms. The van der Waals surface area contributed by atoms with Gasteiger partial charge in [0, 0.05) is 18.1 Å². The third kappa shape index (κ3) is 3.54. The maximum absolute atomic E-state index is 2.81. The Balaban J connectivity index is 2.10. The fourth-order valence-electron chi connectivity index (χ4n) is 4.38. The minimum absolute atomic E-state index is 0.321. The molecule has 0 aromatic heterocycles. The van der Waals surface area contributed by atoms with E-state index < -0.39 is 0 Å². The summed E-state index contributed by atoms with van der Waals surface area (Å²) in [5.41, 5.74) is 0.734. The molecule has 0 aromatic carbocycles. The van der Waals surface area contributed by atoms with Gasteiger partial charge in [-0.3, -0.25) is 4.90 Å². The van der Waals surface area contributed by atoms with Crippen molar-refractivity contribution < 1.29 is 0 Å². The van der Waals surface area contributed by atoms with Gasteiger partial charge in [0.25, 0.3) is 0 Å². The van der Waals surface area contributed by atoms with Crippen LogP contribution in [0.5, 0.6) is 0 Å². The molecular weight excluding hydrogens is 230 g/mol. The van der Waals surface area contributed by atoms with Crippen LogP contribution in [-0.2, 0) is 0 Å². The molecule has 2 aliphatic rings. The first-order valence-corrected chi connectivity index (χ1v) is 8.46. The Bertz CT molecular complexity index is 266. The molecule has 0 spiro atoms. The molecule has 1 aliphatic heterocycles. The summed E-state index contributed by atoms with van der Waals surface area (Å²) in [4.78, 5) is 2.81. The Morgan fingerprint density at radius 2 is 1.37 bits per heavy atom. The molecule has 1 aliphatic carbocycles. The molecule has 19 heavy (non-hydrogen) atoms. The molecule has 0 radical (unpaired) electrons. The summed E-state index contributed by atoms with van der Waals surface area (Å²) < 4.78 is 0. The number of hydrogen-bond acceptors (Lipinski definition) is 1. The van der Waals surface area contributed by atoms with Crippen LogP contribution in [0, 0.1) is 17.3 Å². The van der Waals surface area contributed by atoms with Gasteiger partial charge < -0.3 is 0 Å². The van der Waals surface area contributed by atoms with E-state index in [1.807, 2.05) is 0 Å². The van der Waals surface area contributed by atoms with Crippen molar-refractivity contribution in [2.24, 2.45) is 17.3 Å². The largest absolute Gasteiger partial charge is 0.295 e. The highest BCUT2D eigenvalue weighted by molar-refractivity contribution is 4.99. The molecule has 0 amide bonds. The zero-order chi connectivity index (χ0) is 14.3. The SMILES string of the molecule is CC(C)(C)C1CC(C2CCCCC2)CN1C(C)(C)C. The van der Waals surface area contributed by atoms with Gasteiger partial charge in [-0.15, -0.1) is 0 Å². The lowest BCUT2D eigenvalue weighted by Gasteiger charge is -2.43. The molecule has 1 heteroatoms. The summed E-state index contributed by atoms with van der Waals surface area (Å²) in [7, 11) is 0. The van der Waals surface area contributed by atoms with Crippen molar-refractivity contribution in [1.82, 2.24) is 4.90 Å². The minimum Gasteiger partial charge on any atom is -0.295 e.